The van der Waals surface area contributed by atoms with E-state index < -0.39 is 10.0 Å². The molecule has 1 saturated carbocycles. The van der Waals surface area contributed by atoms with Gasteiger partial charge in [0, 0.05) is 17.6 Å². The molecule has 2 N–H and O–H groups in total. The van der Waals surface area contributed by atoms with Crippen LogP contribution in [-0.4, -0.2) is 26.4 Å². The molecule has 5 nitrogen and oxygen atoms in total. The number of hydrogen-bond donors (Lipinski definition) is 2. The first kappa shape index (κ1) is 19.9. The number of nitrogens with one attached hydrogen (secondary N) is 2. The maximum Gasteiger partial charge on any atom is 0.251 e. The van der Waals surface area contributed by atoms with Crippen LogP contribution in [0, 0.1) is 5.92 Å². The number of rotatable bonds is 7. The van der Waals surface area contributed by atoms with E-state index in [1.807, 2.05) is 13.8 Å². The average Bonchev–Trinajstić information content (AvgIpc) is 2.62. The Kier molecular flexibility index (Phi) is 7.02. The molecule has 1 aromatic rings. The summed E-state index contributed by atoms with van der Waals surface area (Å²) in [7, 11) is -3.53. The van der Waals surface area contributed by atoms with Gasteiger partial charge in [0.1, 0.15) is 0 Å². The Balaban J connectivity index is 1.96. The third-order valence-electron chi connectivity index (χ3n) is 5.15. The second-order valence-corrected chi connectivity index (χ2v) is 8.77. The highest BCUT2D eigenvalue weighted by Gasteiger charge is 2.22. The summed E-state index contributed by atoms with van der Waals surface area (Å²) in [6, 6.07) is 6.26. The van der Waals surface area contributed by atoms with Crippen molar-refractivity contribution < 1.29 is 13.2 Å². The fourth-order valence-electron chi connectivity index (χ4n) is 3.19. The van der Waals surface area contributed by atoms with Gasteiger partial charge in [-0.3, -0.25) is 4.79 Å². The summed E-state index contributed by atoms with van der Waals surface area (Å²) >= 11 is 0. The van der Waals surface area contributed by atoms with Gasteiger partial charge in [-0.15, -0.1) is 0 Å². The van der Waals surface area contributed by atoms with Gasteiger partial charge >= 0.3 is 0 Å². The molecule has 0 heterocycles. The van der Waals surface area contributed by atoms with Crippen LogP contribution in [0.2, 0.25) is 0 Å². The van der Waals surface area contributed by atoms with Crippen molar-refractivity contribution in [3.05, 3.63) is 29.8 Å². The van der Waals surface area contributed by atoms with E-state index in [4.69, 9.17) is 0 Å². The van der Waals surface area contributed by atoms with Gasteiger partial charge in [0.15, 0.2) is 0 Å². The Hall–Kier alpha value is -1.40. The molecule has 1 amide bonds. The molecule has 0 bridgehead atoms. The lowest BCUT2D eigenvalue weighted by molar-refractivity contribution is 0.0921. The predicted molar refractivity (Wildman–Crippen MR) is 100 cm³/mol. The van der Waals surface area contributed by atoms with Crippen molar-refractivity contribution in [2.45, 2.75) is 76.3 Å². The highest BCUT2D eigenvalue weighted by atomic mass is 32.2. The molecule has 1 aromatic carbocycles. The molecule has 0 spiro atoms. The van der Waals surface area contributed by atoms with Crippen LogP contribution < -0.4 is 10.0 Å². The van der Waals surface area contributed by atoms with Gasteiger partial charge in [-0.25, -0.2) is 13.1 Å². The molecule has 140 valence electrons. The third kappa shape index (κ3) is 5.54. The minimum atomic E-state index is -3.53. The molecule has 1 aliphatic carbocycles. The molecule has 6 heteroatoms. The topological polar surface area (TPSA) is 75.3 Å². The Morgan fingerprint density at radius 1 is 1.12 bits per heavy atom. The molecule has 0 aromatic heterocycles. The molecule has 0 saturated heterocycles. The van der Waals surface area contributed by atoms with Crippen LogP contribution in [0.3, 0.4) is 0 Å². The minimum absolute atomic E-state index is 0.119. The molecule has 1 atom stereocenters. The number of carbonyl (C=O) groups is 1. The van der Waals surface area contributed by atoms with Gasteiger partial charge in [0.05, 0.1) is 4.90 Å². The van der Waals surface area contributed by atoms with Gasteiger partial charge in [-0.2, -0.15) is 0 Å². The lowest BCUT2D eigenvalue weighted by Crippen LogP contribution is -2.37. The van der Waals surface area contributed by atoms with Crippen molar-refractivity contribution in [1.29, 1.82) is 0 Å². The summed E-state index contributed by atoms with van der Waals surface area (Å²) in [5.74, 6) is 0.662. The van der Waals surface area contributed by atoms with Crippen LogP contribution in [0.25, 0.3) is 0 Å². The molecule has 1 fully saturated rings. The molecular formula is C19H30N2O3S. The fraction of sp³-hybridized carbons (Fsp3) is 0.632. The van der Waals surface area contributed by atoms with Crippen LogP contribution in [0.5, 0.6) is 0 Å². The van der Waals surface area contributed by atoms with Gasteiger partial charge in [-0.1, -0.05) is 20.3 Å². The quantitative estimate of drug-likeness (QED) is 0.776. The van der Waals surface area contributed by atoms with E-state index in [0.717, 1.165) is 25.2 Å². The maximum absolute atomic E-state index is 12.4. The summed E-state index contributed by atoms with van der Waals surface area (Å²) in [6.45, 7) is 5.97. The van der Waals surface area contributed by atoms with Gasteiger partial charge in [0.25, 0.3) is 5.91 Å². The summed E-state index contributed by atoms with van der Waals surface area (Å²) in [6.07, 6.45) is 6.31. The molecule has 2 rings (SSSR count). The average molecular weight is 367 g/mol. The van der Waals surface area contributed by atoms with Crippen LogP contribution in [-0.2, 0) is 10.0 Å². The van der Waals surface area contributed by atoms with Crippen molar-refractivity contribution in [3.8, 4) is 0 Å². The largest absolute Gasteiger partial charge is 0.349 e. The highest BCUT2D eigenvalue weighted by Crippen LogP contribution is 2.26. The molecule has 25 heavy (non-hydrogen) atoms. The number of benzene rings is 1. The Bertz CT molecular complexity index is 662. The van der Waals surface area contributed by atoms with E-state index in [2.05, 4.69) is 17.0 Å². The lowest BCUT2D eigenvalue weighted by Gasteiger charge is -2.28. The second kappa shape index (κ2) is 8.81. The molecule has 1 unspecified atom stereocenters. The molecule has 1 aliphatic rings. The SMILES string of the molecule is CCC1CCC(NC(=O)c2ccc(S(=O)(=O)NC(C)CC)cc2)CC1. The minimum Gasteiger partial charge on any atom is -0.349 e. The summed E-state index contributed by atoms with van der Waals surface area (Å²) < 4.78 is 27.1. The Morgan fingerprint density at radius 2 is 1.72 bits per heavy atom. The van der Waals surface area contributed by atoms with Crippen molar-refractivity contribution in [2.24, 2.45) is 5.92 Å². The van der Waals surface area contributed by atoms with E-state index >= 15 is 0 Å². The number of hydrogen-bond acceptors (Lipinski definition) is 3. The zero-order valence-corrected chi connectivity index (χ0v) is 16.2. The van der Waals surface area contributed by atoms with Crippen molar-refractivity contribution >= 4 is 15.9 Å². The van der Waals surface area contributed by atoms with Crippen LogP contribution in [0.4, 0.5) is 0 Å². The number of amides is 1. The van der Waals surface area contributed by atoms with E-state index in [9.17, 15) is 13.2 Å². The van der Waals surface area contributed by atoms with Crippen molar-refractivity contribution in [2.75, 3.05) is 0 Å². The Morgan fingerprint density at radius 3 is 2.24 bits per heavy atom. The van der Waals surface area contributed by atoms with E-state index in [1.165, 1.54) is 31.4 Å². The summed E-state index contributed by atoms with van der Waals surface area (Å²) in [5.41, 5.74) is 0.500. The third-order valence-corrected chi connectivity index (χ3v) is 6.76. The van der Waals surface area contributed by atoms with Crippen LogP contribution in [0.1, 0.15) is 69.7 Å². The predicted octanol–water partition coefficient (Wildman–Crippen LogP) is 3.46. The summed E-state index contributed by atoms with van der Waals surface area (Å²) in [5, 5.41) is 3.08. The van der Waals surface area contributed by atoms with Crippen molar-refractivity contribution in [3.63, 3.8) is 0 Å². The smallest absolute Gasteiger partial charge is 0.251 e. The van der Waals surface area contributed by atoms with E-state index in [-0.39, 0.29) is 22.9 Å². The second-order valence-electron chi connectivity index (χ2n) is 7.05. The zero-order chi connectivity index (χ0) is 18.4. The molecular weight excluding hydrogens is 336 g/mol. The fourth-order valence-corrected chi connectivity index (χ4v) is 4.51. The number of carbonyl (C=O) groups excluding carboxylic acids is 1. The van der Waals surface area contributed by atoms with Gasteiger partial charge in [0.2, 0.25) is 10.0 Å². The van der Waals surface area contributed by atoms with Crippen LogP contribution in [0.15, 0.2) is 29.2 Å². The first-order valence-corrected chi connectivity index (χ1v) is 10.8. The first-order valence-electron chi connectivity index (χ1n) is 9.29. The highest BCUT2D eigenvalue weighted by molar-refractivity contribution is 7.89. The van der Waals surface area contributed by atoms with E-state index in [1.54, 1.807) is 12.1 Å². The zero-order valence-electron chi connectivity index (χ0n) is 15.4. The summed E-state index contributed by atoms with van der Waals surface area (Å²) in [4.78, 5) is 12.6. The molecule has 0 radical (unpaired) electrons. The number of sulfonamides is 1. The normalized spacial score (nSPS) is 22.4. The monoisotopic (exact) mass is 366 g/mol. The van der Waals surface area contributed by atoms with Gasteiger partial charge in [-0.05, 0) is 69.2 Å². The standard InChI is InChI=1S/C19H30N2O3S/c1-4-14(3)21-25(23,24)18-12-8-16(9-13-18)19(22)20-17-10-6-15(5-2)7-11-17/h8-9,12-15,17,21H,4-7,10-11H2,1-3H3,(H,20,22). The first-order chi connectivity index (χ1) is 11.9. The molecule has 0 aliphatic heterocycles. The van der Waals surface area contributed by atoms with Crippen LogP contribution >= 0.6 is 0 Å². The van der Waals surface area contributed by atoms with E-state index in [0.29, 0.717) is 5.56 Å². The Labute approximate surface area is 151 Å². The lowest BCUT2D eigenvalue weighted by atomic mass is 9.84. The van der Waals surface area contributed by atoms with Crippen molar-refractivity contribution in [1.82, 2.24) is 10.0 Å². The van der Waals surface area contributed by atoms with Gasteiger partial charge < -0.3 is 5.32 Å². The maximum atomic E-state index is 12.4.